The molecule has 2 atom stereocenters. The summed E-state index contributed by atoms with van der Waals surface area (Å²) in [5.74, 6) is 0.363. The number of benzene rings is 1. The van der Waals surface area contributed by atoms with Crippen LogP contribution in [0.3, 0.4) is 0 Å². The van der Waals surface area contributed by atoms with Crippen molar-refractivity contribution < 1.29 is 22.6 Å². The molecule has 1 fully saturated rings. The Kier molecular flexibility index (Phi) is 3.84. The predicted octanol–water partition coefficient (Wildman–Crippen LogP) is 2.73. The second-order valence-corrected chi connectivity index (χ2v) is 5.67. The van der Waals surface area contributed by atoms with Gasteiger partial charge in [0.05, 0.1) is 18.3 Å². The second-order valence-electron chi connectivity index (χ2n) is 5.67. The van der Waals surface area contributed by atoms with Crippen LogP contribution in [0.15, 0.2) is 18.2 Å². The van der Waals surface area contributed by atoms with E-state index in [9.17, 15) is 13.2 Å². The van der Waals surface area contributed by atoms with Crippen LogP contribution in [0.5, 0.6) is 5.75 Å². The van der Waals surface area contributed by atoms with Gasteiger partial charge in [0.2, 0.25) is 0 Å². The highest BCUT2D eigenvalue weighted by atomic mass is 19.4. The third kappa shape index (κ3) is 3.16. The number of hydrogen-bond acceptors (Lipinski definition) is 3. The van der Waals surface area contributed by atoms with E-state index >= 15 is 0 Å². The standard InChI is InChI=1S/C15H18F3NO2/c1-10-8-19(4-5-20-10)13-6-11-2-3-12(15(16,17)18)7-14(11)21-9-13/h2-3,7,10,13H,4-6,8-9H2,1H3/t10-,13-/m1/s1. The van der Waals surface area contributed by atoms with Gasteiger partial charge in [-0.05, 0) is 31.0 Å². The number of halogens is 3. The summed E-state index contributed by atoms with van der Waals surface area (Å²) in [6, 6.07) is 3.98. The number of rotatable bonds is 1. The first-order valence-corrected chi connectivity index (χ1v) is 7.12. The first kappa shape index (κ1) is 14.7. The van der Waals surface area contributed by atoms with Crippen molar-refractivity contribution in [2.24, 2.45) is 0 Å². The summed E-state index contributed by atoms with van der Waals surface area (Å²) in [6.45, 7) is 4.83. The molecule has 1 aromatic rings. The van der Waals surface area contributed by atoms with Crippen molar-refractivity contribution in [3.05, 3.63) is 29.3 Å². The molecule has 3 rings (SSSR count). The second kappa shape index (κ2) is 5.50. The molecule has 0 radical (unpaired) electrons. The highest BCUT2D eigenvalue weighted by Gasteiger charge is 2.33. The molecule has 3 nitrogen and oxygen atoms in total. The Morgan fingerprint density at radius 3 is 2.81 bits per heavy atom. The minimum atomic E-state index is -4.32. The average Bonchev–Trinajstić information content (AvgIpc) is 2.45. The largest absolute Gasteiger partial charge is 0.492 e. The minimum Gasteiger partial charge on any atom is -0.492 e. The van der Waals surface area contributed by atoms with E-state index in [1.807, 2.05) is 6.92 Å². The molecule has 0 spiro atoms. The van der Waals surface area contributed by atoms with Crippen LogP contribution in [0.1, 0.15) is 18.1 Å². The number of alkyl halides is 3. The molecule has 1 saturated heterocycles. The van der Waals surface area contributed by atoms with Crippen molar-refractivity contribution in [3.63, 3.8) is 0 Å². The molecule has 2 aliphatic heterocycles. The molecule has 0 aliphatic carbocycles. The van der Waals surface area contributed by atoms with E-state index in [1.165, 1.54) is 6.07 Å². The normalized spacial score (nSPS) is 27.0. The Morgan fingerprint density at radius 2 is 2.10 bits per heavy atom. The number of fused-ring (bicyclic) bond motifs is 1. The van der Waals surface area contributed by atoms with Crippen molar-refractivity contribution in [1.82, 2.24) is 4.90 Å². The third-order valence-electron chi connectivity index (χ3n) is 4.07. The molecule has 0 N–H and O–H groups in total. The lowest BCUT2D eigenvalue weighted by Crippen LogP contribution is -2.50. The Morgan fingerprint density at radius 1 is 1.29 bits per heavy atom. The van der Waals surface area contributed by atoms with Gasteiger partial charge in [-0.25, -0.2) is 0 Å². The van der Waals surface area contributed by atoms with Crippen LogP contribution >= 0.6 is 0 Å². The van der Waals surface area contributed by atoms with E-state index in [2.05, 4.69) is 4.90 Å². The first-order valence-electron chi connectivity index (χ1n) is 7.12. The van der Waals surface area contributed by atoms with Crippen LogP contribution in [-0.4, -0.2) is 43.3 Å². The van der Waals surface area contributed by atoms with E-state index in [1.54, 1.807) is 0 Å². The van der Waals surface area contributed by atoms with Crippen LogP contribution in [0.2, 0.25) is 0 Å². The smallest absolute Gasteiger partial charge is 0.416 e. The monoisotopic (exact) mass is 301 g/mol. The first-order chi connectivity index (χ1) is 9.93. The van der Waals surface area contributed by atoms with Crippen LogP contribution in [0.4, 0.5) is 13.2 Å². The van der Waals surface area contributed by atoms with Crippen LogP contribution in [0.25, 0.3) is 0 Å². The molecule has 0 saturated carbocycles. The third-order valence-corrected chi connectivity index (χ3v) is 4.07. The lowest BCUT2D eigenvalue weighted by Gasteiger charge is -2.39. The number of ether oxygens (including phenoxy) is 2. The summed E-state index contributed by atoms with van der Waals surface area (Å²) >= 11 is 0. The molecule has 2 aliphatic rings. The van der Waals surface area contributed by atoms with Gasteiger partial charge in [-0.2, -0.15) is 13.2 Å². The van der Waals surface area contributed by atoms with Crippen molar-refractivity contribution in [1.29, 1.82) is 0 Å². The molecule has 0 bridgehead atoms. The molecule has 0 unspecified atom stereocenters. The molecule has 1 aromatic carbocycles. The molecule has 21 heavy (non-hydrogen) atoms. The van der Waals surface area contributed by atoms with E-state index in [0.717, 1.165) is 37.2 Å². The van der Waals surface area contributed by atoms with Crippen LogP contribution < -0.4 is 4.74 Å². The van der Waals surface area contributed by atoms with Gasteiger partial charge in [-0.15, -0.1) is 0 Å². The average molecular weight is 301 g/mol. The quantitative estimate of drug-likeness (QED) is 0.796. The fourth-order valence-corrected chi connectivity index (χ4v) is 2.94. The molecule has 2 heterocycles. The molecule has 0 aromatic heterocycles. The summed E-state index contributed by atoms with van der Waals surface area (Å²) in [4.78, 5) is 2.30. The summed E-state index contributed by atoms with van der Waals surface area (Å²) in [6.07, 6.45) is -3.41. The highest BCUT2D eigenvalue weighted by molar-refractivity contribution is 5.40. The van der Waals surface area contributed by atoms with E-state index in [-0.39, 0.29) is 12.1 Å². The molecule has 116 valence electrons. The van der Waals surface area contributed by atoms with Gasteiger partial charge in [0.25, 0.3) is 0 Å². The van der Waals surface area contributed by atoms with Gasteiger partial charge >= 0.3 is 6.18 Å². The summed E-state index contributed by atoms with van der Waals surface area (Å²) in [5.41, 5.74) is 0.193. The van der Waals surface area contributed by atoms with Crippen LogP contribution in [-0.2, 0) is 17.3 Å². The Hall–Kier alpha value is -1.27. The van der Waals surface area contributed by atoms with Gasteiger partial charge in [0.15, 0.2) is 0 Å². The number of hydrogen-bond donors (Lipinski definition) is 0. The minimum absolute atomic E-state index is 0.188. The van der Waals surface area contributed by atoms with Gasteiger partial charge in [0.1, 0.15) is 12.4 Å². The fraction of sp³-hybridized carbons (Fsp3) is 0.600. The van der Waals surface area contributed by atoms with Gasteiger partial charge in [-0.3, -0.25) is 4.90 Å². The van der Waals surface area contributed by atoms with Crippen molar-refractivity contribution >= 4 is 0 Å². The summed E-state index contributed by atoms with van der Waals surface area (Å²) in [7, 11) is 0. The van der Waals surface area contributed by atoms with Crippen molar-refractivity contribution in [2.45, 2.75) is 31.7 Å². The molecular formula is C15H18F3NO2. The van der Waals surface area contributed by atoms with E-state index in [0.29, 0.717) is 19.0 Å². The van der Waals surface area contributed by atoms with E-state index in [4.69, 9.17) is 9.47 Å². The zero-order chi connectivity index (χ0) is 15.0. The van der Waals surface area contributed by atoms with Crippen molar-refractivity contribution in [3.8, 4) is 5.75 Å². The number of nitrogens with zero attached hydrogens (tertiary/aromatic N) is 1. The fourth-order valence-electron chi connectivity index (χ4n) is 2.94. The lowest BCUT2D eigenvalue weighted by molar-refractivity contribution is -0.137. The van der Waals surface area contributed by atoms with Gasteiger partial charge < -0.3 is 9.47 Å². The summed E-state index contributed by atoms with van der Waals surface area (Å²) < 4.78 is 49.2. The van der Waals surface area contributed by atoms with Gasteiger partial charge in [0, 0.05) is 19.1 Å². The zero-order valence-corrected chi connectivity index (χ0v) is 11.8. The molecular weight excluding hydrogens is 283 g/mol. The molecule has 6 heteroatoms. The maximum atomic E-state index is 12.7. The van der Waals surface area contributed by atoms with E-state index < -0.39 is 11.7 Å². The van der Waals surface area contributed by atoms with Crippen molar-refractivity contribution in [2.75, 3.05) is 26.3 Å². The Labute approximate surface area is 121 Å². The molecule has 0 amide bonds. The summed E-state index contributed by atoms with van der Waals surface area (Å²) in [5, 5.41) is 0. The topological polar surface area (TPSA) is 21.7 Å². The maximum absolute atomic E-state index is 12.7. The Bertz CT molecular complexity index is 518. The van der Waals surface area contributed by atoms with Crippen LogP contribution in [0, 0.1) is 0 Å². The predicted molar refractivity (Wildman–Crippen MR) is 71.4 cm³/mol. The lowest BCUT2D eigenvalue weighted by atomic mass is 9.99. The highest BCUT2D eigenvalue weighted by Crippen LogP contribution is 2.35. The number of morpholine rings is 1. The Balaban J connectivity index is 1.74. The maximum Gasteiger partial charge on any atom is 0.416 e. The zero-order valence-electron chi connectivity index (χ0n) is 11.8. The SMILES string of the molecule is C[C@@H]1CN([C@H]2COc3cc(C(F)(F)F)ccc3C2)CCO1. The van der Waals surface area contributed by atoms with Gasteiger partial charge in [-0.1, -0.05) is 6.07 Å².